The molecule has 0 unspecified atom stereocenters. The van der Waals surface area contributed by atoms with Crippen molar-refractivity contribution in [3.05, 3.63) is 64.7 Å². The highest BCUT2D eigenvalue weighted by Crippen LogP contribution is 2.21. The van der Waals surface area contributed by atoms with Crippen LogP contribution in [0.15, 0.2) is 53.4 Å². The molecule has 0 aromatic heterocycles. The number of nitrogens with zero attached hydrogens (tertiary/aromatic N) is 3. The molecule has 1 heterocycles. The van der Waals surface area contributed by atoms with Crippen molar-refractivity contribution in [1.82, 2.24) is 9.80 Å². The second-order valence-corrected chi connectivity index (χ2v) is 8.32. The lowest BCUT2D eigenvalue weighted by Crippen LogP contribution is -2.37. The van der Waals surface area contributed by atoms with E-state index < -0.39 is 0 Å². The summed E-state index contributed by atoms with van der Waals surface area (Å²) in [5.41, 5.74) is 1.14. The molecule has 1 saturated heterocycles. The number of rotatable bonds is 5. The fourth-order valence-corrected chi connectivity index (χ4v) is 4.27. The highest BCUT2D eigenvalue weighted by molar-refractivity contribution is 7.99. The lowest BCUT2D eigenvalue weighted by molar-refractivity contribution is -0.130. The van der Waals surface area contributed by atoms with E-state index in [1.807, 2.05) is 17.0 Å². The standard InChI is InChI=1S/C22H22ClN3O2S/c23-20-5-2-1-4-19(20)22(28)26-12-3-11-25(13-14-26)21(27)10-15-29-18-8-6-17(16-24)7-9-18/h1-2,4-9H,3,10-15H2. The molecule has 3 rings (SSSR count). The van der Waals surface area contributed by atoms with Gasteiger partial charge >= 0.3 is 0 Å². The molecule has 2 aromatic carbocycles. The van der Waals surface area contributed by atoms with E-state index in [0.717, 1.165) is 11.3 Å². The van der Waals surface area contributed by atoms with Crippen molar-refractivity contribution in [2.45, 2.75) is 17.7 Å². The maximum atomic E-state index is 12.7. The second kappa shape index (κ2) is 10.3. The Balaban J connectivity index is 1.48. The third-order valence-electron chi connectivity index (χ3n) is 4.81. The van der Waals surface area contributed by atoms with Crippen molar-refractivity contribution in [3.8, 4) is 6.07 Å². The molecular formula is C22H22ClN3O2S. The van der Waals surface area contributed by atoms with Gasteiger partial charge in [-0.2, -0.15) is 5.26 Å². The fraction of sp³-hybridized carbons (Fsp3) is 0.318. The zero-order valence-electron chi connectivity index (χ0n) is 16.0. The van der Waals surface area contributed by atoms with Gasteiger partial charge in [0.25, 0.3) is 5.91 Å². The summed E-state index contributed by atoms with van der Waals surface area (Å²) in [6.45, 7) is 2.33. The van der Waals surface area contributed by atoms with Crippen molar-refractivity contribution in [2.24, 2.45) is 0 Å². The summed E-state index contributed by atoms with van der Waals surface area (Å²) >= 11 is 7.76. The van der Waals surface area contributed by atoms with Crippen LogP contribution in [0.3, 0.4) is 0 Å². The molecule has 5 nitrogen and oxygen atoms in total. The highest BCUT2D eigenvalue weighted by atomic mass is 35.5. The van der Waals surface area contributed by atoms with Crippen molar-refractivity contribution in [1.29, 1.82) is 5.26 Å². The number of hydrogen-bond acceptors (Lipinski definition) is 4. The smallest absolute Gasteiger partial charge is 0.255 e. The molecule has 0 N–H and O–H groups in total. The summed E-state index contributed by atoms with van der Waals surface area (Å²) in [5.74, 6) is 0.711. The summed E-state index contributed by atoms with van der Waals surface area (Å²) in [6, 6.07) is 16.5. The first kappa shape index (κ1) is 21.2. The predicted octanol–water partition coefficient (Wildman–Crippen LogP) is 4.07. The molecule has 2 amide bonds. The molecule has 2 aromatic rings. The third kappa shape index (κ3) is 5.75. The van der Waals surface area contributed by atoms with Gasteiger partial charge in [0.2, 0.25) is 5.91 Å². The minimum atomic E-state index is -0.0822. The zero-order valence-corrected chi connectivity index (χ0v) is 17.6. The van der Waals surface area contributed by atoms with Gasteiger partial charge in [0, 0.05) is 43.2 Å². The average molecular weight is 428 g/mol. The van der Waals surface area contributed by atoms with Gasteiger partial charge < -0.3 is 9.80 Å². The van der Waals surface area contributed by atoms with E-state index >= 15 is 0 Å². The van der Waals surface area contributed by atoms with Crippen LogP contribution in [0, 0.1) is 11.3 Å². The number of nitriles is 1. The number of benzene rings is 2. The maximum absolute atomic E-state index is 12.7. The van der Waals surface area contributed by atoms with E-state index in [-0.39, 0.29) is 11.8 Å². The Morgan fingerprint density at radius 1 is 1.00 bits per heavy atom. The van der Waals surface area contributed by atoms with Crippen LogP contribution in [0.5, 0.6) is 0 Å². The molecule has 0 atom stereocenters. The van der Waals surface area contributed by atoms with Crippen molar-refractivity contribution in [2.75, 3.05) is 31.9 Å². The van der Waals surface area contributed by atoms with Gasteiger partial charge in [-0.05, 0) is 42.8 Å². The number of amides is 2. The van der Waals surface area contributed by atoms with Gasteiger partial charge in [0.1, 0.15) is 0 Å². The van der Waals surface area contributed by atoms with E-state index in [2.05, 4.69) is 6.07 Å². The Hall–Kier alpha value is -2.49. The molecular weight excluding hydrogens is 406 g/mol. The van der Waals surface area contributed by atoms with Crippen molar-refractivity contribution < 1.29 is 9.59 Å². The number of thioether (sulfide) groups is 1. The number of carbonyl (C=O) groups excluding carboxylic acids is 2. The minimum absolute atomic E-state index is 0.0822. The van der Waals surface area contributed by atoms with Crippen LogP contribution in [0.4, 0.5) is 0 Å². The summed E-state index contributed by atoms with van der Waals surface area (Å²) < 4.78 is 0. The van der Waals surface area contributed by atoms with Gasteiger partial charge in [0.15, 0.2) is 0 Å². The van der Waals surface area contributed by atoms with E-state index in [0.29, 0.717) is 54.5 Å². The summed E-state index contributed by atoms with van der Waals surface area (Å²) in [7, 11) is 0. The third-order valence-corrected chi connectivity index (χ3v) is 6.15. The first-order chi connectivity index (χ1) is 14.1. The van der Waals surface area contributed by atoms with Gasteiger partial charge in [0.05, 0.1) is 22.2 Å². The summed E-state index contributed by atoms with van der Waals surface area (Å²) in [6.07, 6.45) is 1.20. The first-order valence-corrected chi connectivity index (χ1v) is 10.9. The van der Waals surface area contributed by atoms with Crippen LogP contribution < -0.4 is 0 Å². The van der Waals surface area contributed by atoms with Crippen LogP contribution >= 0.6 is 23.4 Å². The van der Waals surface area contributed by atoms with Crippen LogP contribution in [0.1, 0.15) is 28.8 Å². The Morgan fingerprint density at radius 3 is 2.41 bits per heavy atom. The monoisotopic (exact) mass is 427 g/mol. The molecule has 1 fully saturated rings. The van der Waals surface area contributed by atoms with E-state index in [9.17, 15) is 9.59 Å². The number of carbonyl (C=O) groups is 2. The average Bonchev–Trinajstić information content (AvgIpc) is 3.00. The van der Waals surface area contributed by atoms with Crippen molar-refractivity contribution in [3.63, 3.8) is 0 Å². The molecule has 29 heavy (non-hydrogen) atoms. The highest BCUT2D eigenvalue weighted by Gasteiger charge is 2.23. The first-order valence-electron chi connectivity index (χ1n) is 9.53. The number of halogens is 1. The molecule has 0 aliphatic carbocycles. The predicted molar refractivity (Wildman–Crippen MR) is 115 cm³/mol. The maximum Gasteiger partial charge on any atom is 0.255 e. The fourth-order valence-electron chi connectivity index (χ4n) is 3.21. The molecule has 1 aliphatic heterocycles. The van der Waals surface area contributed by atoms with E-state index in [1.165, 1.54) is 0 Å². The topological polar surface area (TPSA) is 64.4 Å². The Kier molecular flexibility index (Phi) is 7.56. The molecule has 7 heteroatoms. The summed E-state index contributed by atoms with van der Waals surface area (Å²) in [5, 5.41) is 9.29. The van der Waals surface area contributed by atoms with Gasteiger partial charge in [-0.15, -0.1) is 11.8 Å². The van der Waals surface area contributed by atoms with E-state index in [1.54, 1.807) is 53.1 Å². The Labute approximate surface area is 180 Å². The molecule has 0 radical (unpaired) electrons. The number of hydrogen-bond donors (Lipinski definition) is 0. The molecule has 150 valence electrons. The second-order valence-electron chi connectivity index (χ2n) is 6.74. The quantitative estimate of drug-likeness (QED) is 0.675. The van der Waals surface area contributed by atoms with Gasteiger partial charge in [-0.25, -0.2) is 0 Å². The van der Waals surface area contributed by atoms with Crippen LogP contribution in [-0.4, -0.2) is 53.5 Å². The lowest BCUT2D eigenvalue weighted by atomic mass is 10.2. The normalized spacial score (nSPS) is 14.2. The van der Waals surface area contributed by atoms with Crippen molar-refractivity contribution >= 4 is 35.2 Å². The molecule has 0 bridgehead atoms. The SMILES string of the molecule is N#Cc1ccc(SCCC(=O)N2CCCN(C(=O)c3ccccc3Cl)CC2)cc1. The lowest BCUT2D eigenvalue weighted by Gasteiger charge is -2.22. The molecule has 1 aliphatic rings. The Morgan fingerprint density at radius 2 is 1.69 bits per heavy atom. The summed E-state index contributed by atoms with van der Waals surface area (Å²) in [4.78, 5) is 30.0. The molecule has 0 spiro atoms. The van der Waals surface area contributed by atoms with Crippen LogP contribution in [0.25, 0.3) is 0 Å². The van der Waals surface area contributed by atoms with Gasteiger partial charge in [-0.3, -0.25) is 9.59 Å². The molecule has 0 saturated carbocycles. The van der Waals surface area contributed by atoms with Gasteiger partial charge in [-0.1, -0.05) is 23.7 Å². The van der Waals surface area contributed by atoms with Crippen LogP contribution in [0.2, 0.25) is 5.02 Å². The van der Waals surface area contributed by atoms with Crippen LogP contribution in [-0.2, 0) is 4.79 Å². The Bertz CT molecular complexity index is 911. The largest absolute Gasteiger partial charge is 0.341 e. The minimum Gasteiger partial charge on any atom is -0.341 e. The zero-order chi connectivity index (χ0) is 20.6. The van der Waals surface area contributed by atoms with E-state index in [4.69, 9.17) is 16.9 Å².